The van der Waals surface area contributed by atoms with E-state index in [0.717, 1.165) is 4.88 Å². The number of nitrogens with one attached hydrogen (secondary N) is 1. The Hall–Kier alpha value is -1.88. The van der Waals surface area contributed by atoms with Gasteiger partial charge in [-0.1, -0.05) is 23.2 Å². The number of carbonyl (C=O) groups is 1. The van der Waals surface area contributed by atoms with Crippen LogP contribution in [0.3, 0.4) is 0 Å². The van der Waals surface area contributed by atoms with Gasteiger partial charge in [-0.3, -0.25) is 10.1 Å². The number of hydrogen-bond donors (Lipinski definition) is 2. The number of nitrogens with zero attached hydrogens (tertiary/aromatic N) is 1. The molecule has 0 atom stereocenters. The zero-order chi connectivity index (χ0) is 14.4. The van der Waals surface area contributed by atoms with E-state index in [1.807, 2.05) is 0 Å². The van der Waals surface area contributed by atoms with Crippen molar-refractivity contribution in [2.75, 3.05) is 19.0 Å². The van der Waals surface area contributed by atoms with Gasteiger partial charge in [0, 0.05) is 17.9 Å². The molecule has 0 spiro atoms. The van der Waals surface area contributed by atoms with E-state index in [-0.39, 0.29) is 12.5 Å². The van der Waals surface area contributed by atoms with Crippen LogP contribution in [-0.2, 0) is 0 Å². The summed E-state index contributed by atoms with van der Waals surface area (Å²) in [7, 11) is 1.56. The van der Waals surface area contributed by atoms with E-state index in [9.17, 15) is 4.79 Å². The monoisotopic (exact) mass is 308 g/mol. The van der Waals surface area contributed by atoms with Crippen molar-refractivity contribution in [3.05, 3.63) is 27.4 Å². The van der Waals surface area contributed by atoms with E-state index in [1.165, 1.54) is 22.7 Å². The number of thiophene rings is 1. The van der Waals surface area contributed by atoms with Gasteiger partial charge in [0.2, 0.25) is 0 Å². The Morgan fingerprint density at radius 3 is 3.15 bits per heavy atom. The highest BCUT2D eigenvalue weighted by molar-refractivity contribution is 7.16. The highest BCUT2D eigenvalue weighted by atomic mass is 32.1. The number of anilines is 1. The van der Waals surface area contributed by atoms with Gasteiger partial charge in [-0.05, 0) is 0 Å². The molecule has 7 heteroatoms. The molecular formula is C13H12N2O3S2. The SMILES string of the molecule is COc1csc(C(=O)Nc2ncc(C#CCCO)s2)c1. The molecule has 5 nitrogen and oxygen atoms in total. The quantitative estimate of drug-likeness (QED) is 0.850. The van der Waals surface area contributed by atoms with Crippen LogP contribution in [0.2, 0.25) is 0 Å². The Bertz CT molecular complexity index is 652. The smallest absolute Gasteiger partial charge is 0.267 e. The first kappa shape index (κ1) is 14.5. The summed E-state index contributed by atoms with van der Waals surface area (Å²) in [5.74, 6) is 6.12. The van der Waals surface area contributed by atoms with Crippen LogP contribution in [0.25, 0.3) is 0 Å². The fourth-order valence-electron chi connectivity index (χ4n) is 1.30. The molecule has 0 saturated heterocycles. The average molecular weight is 308 g/mol. The lowest BCUT2D eigenvalue weighted by Gasteiger charge is -1.97. The van der Waals surface area contributed by atoms with Crippen LogP contribution in [0, 0.1) is 11.8 Å². The standard InChI is InChI=1S/C13H12N2O3S2/c1-18-9-6-11(19-8-9)12(17)15-13-14-7-10(20-13)4-2-3-5-16/h6-8,16H,3,5H2,1H3,(H,14,15,17). The number of thiazole rings is 1. The molecule has 0 saturated carbocycles. The van der Waals surface area contributed by atoms with Gasteiger partial charge in [0.15, 0.2) is 5.13 Å². The summed E-state index contributed by atoms with van der Waals surface area (Å²) in [5.41, 5.74) is 0. The Morgan fingerprint density at radius 1 is 1.60 bits per heavy atom. The zero-order valence-corrected chi connectivity index (χ0v) is 12.3. The fraction of sp³-hybridized carbons (Fsp3) is 0.231. The molecule has 0 aliphatic heterocycles. The molecule has 2 aromatic rings. The van der Waals surface area contributed by atoms with Gasteiger partial charge in [0.05, 0.1) is 29.7 Å². The molecule has 0 unspecified atom stereocenters. The first-order valence-electron chi connectivity index (χ1n) is 5.72. The largest absolute Gasteiger partial charge is 0.496 e. The summed E-state index contributed by atoms with van der Waals surface area (Å²) in [6.45, 7) is 0.0373. The van der Waals surface area contributed by atoms with Gasteiger partial charge in [0.25, 0.3) is 5.91 Å². The number of ether oxygens (including phenoxy) is 1. The normalized spacial score (nSPS) is 9.70. The number of aliphatic hydroxyl groups excluding tert-OH is 1. The Labute approximate surface area is 124 Å². The second-order valence-corrected chi connectivity index (χ2v) is 5.55. The zero-order valence-electron chi connectivity index (χ0n) is 10.7. The highest BCUT2D eigenvalue weighted by Gasteiger charge is 2.11. The number of rotatable bonds is 4. The van der Waals surface area contributed by atoms with E-state index < -0.39 is 0 Å². The van der Waals surface area contributed by atoms with Gasteiger partial charge in [-0.2, -0.15) is 0 Å². The molecule has 2 N–H and O–H groups in total. The molecule has 0 aromatic carbocycles. The summed E-state index contributed by atoms with van der Waals surface area (Å²) < 4.78 is 5.03. The molecule has 0 radical (unpaired) electrons. The van der Waals surface area contributed by atoms with Crippen LogP contribution < -0.4 is 10.1 Å². The van der Waals surface area contributed by atoms with Gasteiger partial charge in [-0.15, -0.1) is 11.3 Å². The van der Waals surface area contributed by atoms with E-state index in [1.54, 1.807) is 24.8 Å². The van der Waals surface area contributed by atoms with Crippen molar-refractivity contribution < 1.29 is 14.6 Å². The minimum atomic E-state index is -0.220. The lowest BCUT2D eigenvalue weighted by atomic mass is 10.4. The van der Waals surface area contributed by atoms with Gasteiger partial charge in [-0.25, -0.2) is 4.98 Å². The van der Waals surface area contributed by atoms with E-state index in [0.29, 0.717) is 22.2 Å². The third kappa shape index (κ3) is 3.81. The second-order valence-electron chi connectivity index (χ2n) is 3.61. The summed E-state index contributed by atoms with van der Waals surface area (Å²) >= 11 is 2.60. The highest BCUT2D eigenvalue weighted by Crippen LogP contribution is 2.23. The number of aromatic nitrogens is 1. The molecule has 0 aliphatic carbocycles. The number of methoxy groups -OCH3 is 1. The molecule has 0 aliphatic rings. The Balaban J connectivity index is 2.00. The lowest BCUT2D eigenvalue weighted by molar-refractivity contribution is 0.103. The van der Waals surface area contributed by atoms with Crippen LogP contribution in [0.15, 0.2) is 17.6 Å². The van der Waals surface area contributed by atoms with Gasteiger partial charge >= 0.3 is 0 Å². The van der Waals surface area contributed by atoms with E-state index >= 15 is 0 Å². The van der Waals surface area contributed by atoms with Crippen molar-refractivity contribution in [3.63, 3.8) is 0 Å². The van der Waals surface area contributed by atoms with Crippen LogP contribution in [0.5, 0.6) is 5.75 Å². The van der Waals surface area contributed by atoms with Crippen molar-refractivity contribution in [2.24, 2.45) is 0 Å². The van der Waals surface area contributed by atoms with Gasteiger partial charge < -0.3 is 9.84 Å². The molecule has 2 aromatic heterocycles. The first-order chi connectivity index (χ1) is 9.72. The molecule has 2 heterocycles. The van der Waals surface area contributed by atoms with Crippen molar-refractivity contribution in [1.29, 1.82) is 0 Å². The maximum Gasteiger partial charge on any atom is 0.267 e. The fourth-order valence-corrected chi connectivity index (χ4v) is 2.73. The predicted octanol–water partition coefficient (Wildman–Crippen LogP) is 2.20. The van der Waals surface area contributed by atoms with Crippen molar-refractivity contribution in [1.82, 2.24) is 4.98 Å². The Kier molecular flexibility index (Phi) is 5.12. The Morgan fingerprint density at radius 2 is 2.45 bits per heavy atom. The number of aliphatic hydroxyl groups is 1. The van der Waals surface area contributed by atoms with Crippen molar-refractivity contribution >= 4 is 33.7 Å². The van der Waals surface area contributed by atoms with Crippen molar-refractivity contribution in [3.8, 4) is 17.6 Å². The van der Waals surface area contributed by atoms with E-state index in [2.05, 4.69) is 22.1 Å². The van der Waals surface area contributed by atoms with Crippen LogP contribution >= 0.6 is 22.7 Å². The molecule has 20 heavy (non-hydrogen) atoms. The van der Waals surface area contributed by atoms with Crippen LogP contribution in [0.4, 0.5) is 5.13 Å². The van der Waals surface area contributed by atoms with Crippen LogP contribution in [0.1, 0.15) is 21.0 Å². The van der Waals surface area contributed by atoms with Crippen molar-refractivity contribution in [2.45, 2.75) is 6.42 Å². The molecule has 0 fully saturated rings. The predicted molar refractivity (Wildman–Crippen MR) is 79.5 cm³/mol. The molecule has 0 bridgehead atoms. The lowest BCUT2D eigenvalue weighted by Crippen LogP contribution is -2.09. The molecule has 104 valence electrons. The first-order valence-corrected chi connectivity index (χ1v) is 7.42. The third-order valence-corrected chi connectivity index (χ3v) is 3.94. The summed E-state index contributed by atoms with van der Waals surface area (Å²) in [5, 5.41) is 13.6. The summed E-state index contributed by atoms with van der Waals surface area (Å²) in [6.07, 6.45) is 2.02. The topological polar surface area (TPSA) is 71.5 Å². The van der Waals surface area contributed by atoms with Crippen LogP contribution in [-0.4, -0.2) is 29.7 Å². The minimum absolute atomic E-state index is 0.0373. The number of hydrogen-bond acceptors (Lipinski definition) is 6. The summed E-state index contributed by atoms with van der Waals surface area (Å²) in [4.78, 5) is 17.3. The molecular weight excluding hydrogens is 296 g/mol. The summed E-state index contributed by atoms with van der Waals surface area (Å²) in [6, 6.07) is 1.68. The maximum atomic E-state index is 12.0. The second kappa shape index (κ2) is 7.05. The molecule has 1 amide bonds. The minimum Gasteiger partial charge on any atom is -0.496 e. The van der Waals surface area contributed by atoms with Gasteiger partial charge in [0.1, 0.15) is 5.75 Å². The average Bonchev–Trinajstić information content (AvgIpc) is 3.08. The maximum absolute atomic E-state index is 12.0. The third-order valence-electron chi connectivity index (χ3n) is 2.21. The number of carbonyl (C=O) groups excluding carboxylic acids is 1. The van der Waals surface area contributed by atoms with E-state index in [4.69, 9.17) is 9.84 Å². The number of amides is 1. The molecule has 2 rings (SSSR count).